The van der Waals surface area contributed by atoms with Gasteiger partial charge < -0.3 is 33.5 Å². The Kier molecular flexibility index (Phi) is 10.4. The Balaban J connectivity index is 1.36. The summed E-state index contributed by atoms with van der Waals surface area (Å²) in [4.78, 5) is 0. The van der Waals surface area contributed by atoms with Crippen LogP contribution in [0.15, 0.2) is 115 Å². The molecule has 7 nitrogen and oxygen atoms in total. The van der Waals surface area contributed by atoms with E-state index < -0.39 is 30.7 Å². The normalized spacial score (nSPS) is 22.2. The zero-order valence-corrected chi connectivity index (χ0v) is 23.1. The summed E-state index contributed by atoms with van der Waals surface area (Å²) in [6.07, 6.45) is -4.13. The van der Waals surface area contributed by atoms with E-state index in [1.165, 1.54) is 0 Å². The molecule has 7 heteroatoms. The van der Waals surface area contributed by atoms with Gasteiger partial charge in [0.25, 0.3) is 0 Å². The SMILES string of the molecule is COc1ccc(O[C@@H]2O[C@H](COCc3ccccc3)[C@H](OCc3ccccc3)[C@H](O)[C@H]2OCc2ccccc2)cc1. The largest absolute Gasteiger partial charge is 0.497 e. The van der Waals surface area contributed by atoms with E-state index in [-0.39, 0.29) is 13.2 Å². The van der Waals surface area contributed by atoms with Gasteiger partial charge in [-0.1, -0.05) is 91.0 Å². The highest BCUT2D eigenvalue weighted by Crippen LogP contribution is 2.30. The fraction of sp³-hybridized carbons (Fsp3) is 0.294. The molecule has 214 valence electrons. The Labute approximate surface area is 241 Å². The molecule has 0 unspecified atom stereocenters. The Hall–Kier alpha value is -3.72. The number of benzene rings is 4. The van der Waals surface area contributed by atoms with Gasteiger partial charge in [0.2, 0.25) is 6.29 Å². The molecule has 0 aromatic heterocycles. The molecule has 4 aromatic rings. The molecule has 0 bridgehead atoms. The molecule has 0 spiro atoms. The first-order valence-electron chi connectivity index (χ1n) is 13.8. The van der Waals surface area contributed by atoms with Crippen LogP contribution >= 0.6 is 0 Å². The molecule has 41 heavy (non-hydrogen) atoms. The topological polar surface area (TPSA) is 75.6 Å². The summed E-state index contributed by atoms with van der Waals surface area (Å²) in [5.41, 5.74) is 3.00. The number of ether oxygens (including phenoxy) is 6. The molecule has 0 radical (unpaired) electrons. The van der Waals surface area contributed by atoms with Gasteiger partial charge in [0.15, 0.2) is 0 Å². The average molecular weight is 557 g/mol. The number of rotatable bonds is 13. The quantitative estimate of drug-likeness (QED) is 0.232. The minimum absolute atomic E-state index is 0.194. The molecule has 5 rings (SSSR count). The van der Waals surface area contributed by atoms with E-state index in [2.05, 4.69) is 0 Å². The first-order chi connectivity index (χ1) is 20.2. The smallest absolute Gasteiger partial charge is 0.229 e. The Bertz CT molecular complexity index is 1280. The van der Waals surface area contributed by atoms with Crippen LogP contribution in [0.2, 0.25) is 0 Å². The molecule has 5 atom stereocenters. The van der Waals surface area contributed by atoms with Gasteiger partial charge in [0, 0.05) is 0 Å². The van der Waals surface area contributed by atoms with Crippen LogP contribution in [-0.4, -0.2) is 49.5 Å². The highest BCUT2D eigenvalue weighted by molar-refractivity contribution is 5.31. The van der Waals surface area contributed by atoms with E-state index in [0.29, 0.717) is 24.7 Å². The van der Waals surface area contributed by atoms with E-state index >= 15 is 0 Å². The van der Waals surface area contributed by atoms with Crippen LogP contribution < -0.4 is 9.47 Å². The molecule has 1 heterocycles. The molecule has 1 aliphatic heterocycles. The van der Waals surface area contributed by atoms with E-state index in [1.807, 2.05) is 91.0 Å². The second-order valence-corrected chi connectivity index (χ2v) is 9.85. The van der Waals surface area contributed by atoms with Crippen LogP contribution in [0.4, 0.5) is 0 Å². The third kappa shape index (κ3) is 8.16. The van der Waals surface area contributed by atoms with Crippen molar-refractivity contribution < 1.29 is 33.5 Å². The Morgan fingerprint density at radius 3 is 1.63 bits per heavy atom. The lowest BCUT2D eigenvalue weighted by Gasteiger charge is -2.44. The zero-order chi connectivity index (χ0) is 28.3. The molecule has 1 saturated heterocycles. The molecule has 1 N–H and O–H groups in total. The third-order valence-corrected chi connectivity index (χ3v) is 6.89. The molecule has 0 amide bonds. The standard InChI is InChI=1S/C34H36O7/c1-36-28-17-19-29(20-18-28)40-34-33(39-23-27-15-9-4-10-16-27)31(35)32(38-22-26-13-7-3-8-14-26)30(41-34)24-37-21-25-11-5-2-6-12-25/h2-20,30-35H,21-24H2,1H3/t30-,31+,32+,33-,34-/m1/s1. The maximum Gasteiger partial charge on any atom is 0.229 e. The van der Waals surface area contributed by atoms with Crippen LogP contribution in [0.3, 0.4) is 0 Å². The van der Waals surface area contributed by atoms with Gasteiger partial charge in [-0.2, -0.15) is 0 Å². The second kappa shape index (κ2) is 14.8. The van der Waals surface area contributed by atoms with E-state index in [9.17, 15) is 5.11 Å². The summed E-state index contributed by atoms with van der Waals surface area (Å²) < 4.78 is 36.6. The average Bonchev–Trinajstić information content (AvgIpc) is 3.02. The summed E-state index contributed by atoms with van der Waals surface area (Å²) in [7, 11) is 1.61. The van der Waals surface area contributed by atoms with Gasteiger partial charge >= 0.3 is 0 Å². The first-order valence-corrected chi connectivity index (χ1v) is 13.8. The Morgan fingerprint density at radius 2 is 1.10 bits per heavy atom. The summed E-state index contributed by atoms with van der Waals surface area (Å²) in [6.45, 7) is 1.17. The van der Waals surface area contributed by atoms with Crippen LogP contribution in [0, 0.1) is 0 Å². The van der Waals surface area contributed by atoms with Gasteiger partial charge in [-0.05, 0) is 41.0 Å². The molecule has 1 aliphatic rings. The summed E-state index contributed by atoms with van der Waals surface area (Å²) in [6, 6.07) is 36.7. The number of hydrogen-bond donors (Lipinski definition) is 1. The van der Waals surface area contributed by atoms with Crippen molar-refractivity contribution in [3.63, 3.8) is 0 Å². The highest BCUT2D eigenvalue weighted by atomic mass is 16.7. The maximum absolute atomic E-state index is 11.7. The monoisotopic (exact) mass is 556 g/mol. The zero-order valence-electron chi connectivity index (χ0n) is 23.1. The summed E-state index contributed by atoms with van der Waals surface area (Å²) in [5, 5.41) is 11.7. The molecule has 0 aliphatic carbocycles. The van der Waals surface area contributed by atoms with Crippen LogP contribution in [0.5, 0.6) is 11.5 Å². The van der Waals surface area contributed by atoms with Gasteiger partial charge in [-0.15, -0.1) is 0 Å². The fourth-order valence-electron chi connectivity index (χ4n) is 4.70. The molecular weight excluding hydrogens is 520 g/mol. The van der Waals surface area contributed by atoms with E-state index in [1.54, 1.807) is 31.4 Å². The van der Waals surface area contributed by atoms with Crippen molar-refractivity contribution in [2.45, 2.75) is 50.5 Å². The molecule has 4 aromatic carbocycles. The number of aliphatic hydroxyl groups excluding tert-OH is 1. The van der Waals surface area contributed by atoms with Crippen LogP contribution in [-0.2, 0) is 38.8 Å². The number of methoxy groups -OCH3 is 1. The van der Waals surface area contributed by atoms with E-state index in [0.717, 1.165) is 16.7 Å². The predicted octanol–water partition coefficient (Wildman–Crippen LogP) is 5.55. The van der Waals surface area contributed by atoms with Crippen molar-refractivity contribution in [3.8, 4) is 11.5 Å². The third-order valence-electron chi connectivity index (χ3n) is 6.89. The number of hydrogen-bond acceptors (Lipinski definition) is 7. The first kappa shape index (κ1) is 28.8. The van der Waals surface area contributed by atoms with Gasteiger partial charge in [0.05, 0.1) is 33.5 Å². The van der Waals surface area contributed by atoms with Crippen molar-refractivity contribution in [2.75, 3.05) is 13.7 Å². The van der Waals surface area contributed by atoms with Crippen LogP contribution in [0.25, 0.3) is 0 Å². The highest BCUT2D eigenvalue weighted by Gasteiger charge is 2.48. The predicted molar refractivity (Wildman–Crippen MR) is 154 cm³/mol. The van der Waals surface area contributed by atoms with Crippen molar-refractivity contribution in [1.82, 2.24) is 0 Å². The molecule has 1 fully saturated rings. The molecule has 0 saturated carbocycles. The van der Waals surface area contributed by atoms with Crippen molar-refractivity contribution in [3.05, 3.63) is 132 Å². The van der Waals surface area contributed by atoms with Crippen molar-refractivity contribution in [1.29, 1.82) is 0 Å². The van der Waals surface area contributed by atoms with Gasteiger partial charge in [-0.25, -0.2) is 0 Å². The van der Waals surface area contributed by atoms with Gasteiger partial charge in [0.1, 0.15) is 35.9 Å². The van der Waals surface area contributed by atoms with Crippen LogP contribution in [0.1, 0.15) is 16.7 Å². The lowest BCUT2D eigenvalue weighted by molar-refractivity contribution is -0.301. The van der Waals surface area contributed by atoms with Gasteiger partial charge in [-0.3, -0.25) is 0 Å². The van der Waals surface area contributed by atoms with Crippen molar-refractivity contribution >= 4 is 0 Å². The lowest BCUT2D eigenvalue weighted by atomic mass is 9.98. The van der Waals surface area contributed by atoms with E-state index in [4.69, 9.17) is 28.4 Å². The number of aliphatic hydroxyl groups is 1. The maximum atomic E-state index is 11.7. The Morgan fingerprint density at radius 1 is 0.610 bits per heavy atom. The minimum atomic E-state index is -1.05. The lowest BCUT2D eigenvalue weighted by Crippen LogP contribution is -2.61. The fourth-order valence-corrected chi connectivity index (χ4v) is 4.70. The molecular formula is C34H36O7. The minimum Gasteiger partial charge on any atom is -0.497 e. The van der Waals surface area contributed by atoms with Crippen molar-refractivity contribution in [2.24, 2.45) is 0 Å². The summed E-state index contributed by atoms with van der Waals surface area (Å²) >= 11 is 0. The second-order valence-electron chi connectivity index (χ2n) is 9.85. The summed E-state index contributed by atoms with van der Waals surface area (Å²) in [5.74, 6) is 1.27.